The van der Waals surface area contributed by atoms with Gasteiger partial charge >= 0.3 is 12.3 Å². The van der Waals surface area contributed by atoms with Crippen molar-refractivity contribution in [3.8, 4) is 11.4 Å². The van der Waals surface area contributed by atoms with Gasteiger partial charge in [0.2, 0.25) is 0 Å². The topological polar surface area (TPSA) is 78.6 Å². The zero-order valence-corrected chi connectivity index (χ0v) is 16.0. The van der Waals surface area contributed by atoms with E-state index in [1.54, 1.807) is 26.8 Å². The number of aromatic hydroxyl groups is 1. The molecule has 0 unspecified atom stereocenters. The number of aromatic nitrogens is 2. The Morgan fingerprint density at radius 2 is 1.72 bits per heavy atom. The number of carboxylic acid groups (broad SMARTS) is 1. The fraction of sp³-hybridized carbons (Fsp3) is 0.300. The number of hydrogen-bond donors (Lipinski definition) is 2. The van der Waals surface area contributed by atoms with E-state index in [4.69, 9.17) is 0 Å². The van der Waals surface area contributed by atoms with Crippen LogP contribution in [-0.4, -0.2) is 36.5 Å². The molecule has 2 N–H and O–H groups in total. The van der Waals surface area contributed by atoms with Crippen LogP contribution in [0.2, 0.25) is 0 Å². The molecule has 154 valence electrons. The van der Waals surface area contributed by atoms with E-state index in [2.05, 4.69) is 5.10 Å². The largest absolute Gasteiger partial charge is 0.508 e. The third kappa shape index (κ3) is 4.13. The molecule has 3 rings (SSSR count). The van der Waals surface area contributed by atoms with Gasteiger partial charge < -0.3 is 10.2 Å². The van der Waals surface area contributed by atoms with Gasteiger partial charge in [0.15, 0.2) is 0 Å². The Hall–Kier alpha value is -3.23. The number of hydrogen-bond acceptors (Lipinski definition) is 3. The van der Waals surface area contributed by atoms with E-state index in [9.17, 15) is 28.2 Å². The number of fused-ring (bicyclic) bond motifs is 1. The molecule has 0 aliphatic heterocycles. The Kier molecular flexibility index (Phi) is 4.94. The molecule has 0 radical (unpaired) electrons. The second kappa shape index (κ2) is 6.98. The van der Waals surface area contributed by atoms with Crippen molar-refractivity contribution in [2.24, 2.45) is 0 Å². The van der Waals surface area contributed by atoms with Gasteiger partial charge in [-0.05, 0) is 63.2 Å². The van der Waals surface area contributed by atoms with Gasteiger partial charge in [0.1, 0.15) is 5.75 Å². The van der Waals surface area contributed by atoms with Crippen LogP contribution in [0.4, 0.5) is 18.0 Å². The van der Waals surface area contributed by atoms with Gasteiger partial charge in [-0.3, -0.25) is 4.90 Å². The minimum Gasteiger partial charge on any atom is -0.508 e. The van der Waals surface area contributed by atoms with Gasteiger partial charge in [-0.25, -0.2) is 9.48 Å². The first-order chi connectivity index (χ1) is 13.4. The Labute approximate surface area is 164 Å². The number of amides is 1. The van der Waals surface area contributed by atoms with Crippen molar-refractivity contribution < 1.29 is 28.2 Å². The third-order valence-electron chi connectivity index (χ3n) is 4.53. The minimum absolute atomic E-state index is 0.0247. The molecule has 0 bridgehead atoms. The van der Waals surface area contributed by atoms with E-state index >= 15 is 0 Å². The monoisotopic (exact) mass is 407 g/mol. The van der Waals surface area contributed by atoms with Crippen LogP contribution < -0.4 is 0 Å². The number of benzene rings is 2. The van der Waals surface area contributed by atoms with Crippen LogP contribution in [-0.2, 0) is 12.7 Å². The van der Waals surface area contributed by atoms with Gasteiger partial charge in [0.25, 0.3) is 0 Å². The molecular formula is C20H20F3N3O3. The van der Waals surface area contributed by atoms with Crippen LogP contribution in [0, 0.1) is 0 Å². The summed E-state index contributed by atoms with van der Waals surface area (Å²) in [5, 5.41) is 24.4. The standard InChI is InChI=1S/C20H20F3N3O3/c1-19(2,3)25(18(28)29)11-16-15-10-14(27)8-9-17(15)26(24-16)13-6-4-12(5-7-13)20(21,22)23/h4-10,27H,11H2,1-3H3,(H,28,29). The number of nitrogens with zero attached hydrogens (tertiary/aromatic N) is 3. The van der Waals surface area contributed by atoms with Crippen molar-refractivity contribution in [3.05, 3.63) is 53.7 Å². The maximum absolute atomic E-state index is 12.8. The summed E-state index contributed by atoms with van der Waals surface area (Å²) < 4.78 is 40.0. The number of halogens is 3. The van der Waals surface area contributed by atoms with E-state index in [1.807, 2.05) is 0 Å². The molecule has 9 heteroatoms. The number of phenols is 1. The van der Waals surface area contributed by atoms with Gasteiger partial charge in [0, 0.05) is 10.9 Å². The van der Waals surface area contributed by atoms with Crippen LogP contribution in [0.1, 0.15) is 32.0 Å². The van der Waals surface area contributed by atoms with Crippen LogP contribution in [0.5, 0.6) is 5.75 Å². The summed E-state index contributed by atoms with van der Waals surface area (Å²) in [6.45, 7) is 5.18. The summed E-state index contributed by atoms with van der Waals surface area (Å²) in [4.78, 5) is 12.9. The van der Waals surface area contributed by atoms with Gasteiger partial charge in [0.05, 0.1) is 29.0 Å². The van der Waals surface area contributed by atoms with Gasteiger partial charge in [-0.15, -0.1) is 0 Å². The molecule has 0 atom stereocenters. The highest BCUT2D eigenvalue weighted by Gasteiger charge is 2.31. The van der Waals surface area contributed by atoms with E-state index in [1.165, 1.54) is 33.8 Å². The van der Waals surface area contributed by atoms with Crippen molar-refractivity contribution >= 4 is 17.0 Å². The quantitative estimate of drug-likeness (QED) is 0.638. The van der Waals surface area contributed by atoms with E-state index in [0.717, 1.165) is 12.1 Å². The van der Waals surface area contributed by atoms with Gasteiger partial charge in [-0.2, -0.15) is 18.3 Å². The lowest BCUT2D eigenvalue weighted by Gasteiger charge is -2.32. The van der Waals surface area contributed by atoms with Crippen molar-refractivity contribution in [2.75, 3.05) is 0 Å². The summed E-state index contributed by atoms with van der Waals surface area (Å²) >= 11 is 0. The predicted octanol–water partition coefficient (Wildman–Crippen LogP) is 5.03. The fourth-order valence-electron chi connectivity index (χ4n) is 3.02. The number of phenolic OH excluding ortho intramolecular Hbond substituents is 1. The molecule has 0 spiro atoms. The van der Waals surface area contributed by atoms with Crippen molar-refractivity contribution in [1.82, 2.24) is 14.7 Å². The smallest absolute Gasteiger partial charge is 0.416 e. The predicted molar refractivity (Wildman–Crippen MR) is 101 cm³/mol. The highest BCUT2D eigenvalue weighted by Crippen LogP contribution is 2.31. The summed E-state index contributed by atoms with van der Waals surface area (Å²) in [6.07, 6.45) is -5.58. The average molecular weight is 407 g/mol. The number of rotatable bonds is 3. The molecule has 6 nitrogen and oxygen atoms in total. The molecule has 1 heterocycles. The van der Waals surface area contributed by atoms with Crippen molar-refractivity contribution in [2.45, 2.75) is 39.0 Å². The molecule has 0 aliphatic carbocycles. The molecule has 0 saturated heterocycles. The lowest BCUT2D eigenvalue weighted by molar-refractivity contribution is -0.137. The Morgan fingerprint density at radius 3 is 2.24 bits per heavy atom. The summed E-state index contributed by atoms with van der Waals surface area (Å²) in [5.41, 5.74) is -0.171. The summed E-state index contributed by atoms with van der Waals surface area (Å²) in [5.74, 6) is -0.0247. The third-order valence-corrected chi connectivity index (χ3v) is 4.53. The molecule has 1 amide bonds. The first kappa shape index (κ1) is 20.5. The zero-order chi connectivity index (χ0) is 21.6. The molecule has 1 aromatic heterocycles. The SMILES string of the molecule is CC(C)(C)N(Cc1nn(-c2ccc(C(F)(F)F)cc2)c2ccc(O)cc12)C(=O)O. The van der Waals surface area contributed by atoms with Crippen LogP contribution in [0.25, 0.3) is 16.6 Å². The molecular weight excluding hydrogens is 387 g/mol. The second-order valence-corrected chi connectivity index (χ2v) is 7.64. The first-order valence-corrected chi connectivity index (χ1v) is 8.77. The normalized spacial score (nSPS) is 12.3. The first-order valence-electron chi connectivity index (χ1n) is 8.77. The maximum atomic E-state index is 12.8. The maximum Gasteiger partial charge on any atom is 0.416 e. The number of alkyl halides is 3. The zero-order valence-electron chi connectivity index (χ0n) is 16.0. The van der Waals surface area contributed by atoms with Crippen LogP contribution in [0.3, 0.4) is 0 Å². The van der Waals surface area contributed by atoms with Crippen molar-refractivity contribution in [3.63, 3.8) is 0 Å². The second-order valence-electron chi connectivity index (χ2n) is 7.64. The van der Waals surface area contributed by atoms with E-state index in [0.29, 0.717) is 22.3 Å². The molecule has 0 aliphatic rings. The lowest BCUT2D eigenvalue weighted by Crippen LogP contribution is -2.44. The minimum atomic E-state index is -4.45. The molecule has 0 saturated carbocycles. The fourth-order valence-corrected chi connectivity index (χ4v) is 3.02. The molecule has 2 aromatic carbocycles. The molecule has 3 aromatic rings. The summed E-state index contributed by atoms with van der Waals surface area (Å²) in [7, 11) is 0. The average Bonchev–Trinajstić information content (AvgIpc) is 2.95. The van der Waals surface area contributed by atoms with E-state index in [-0.39, 0.29) is 12.3 Å². The number of carbonyl (C=O) groups is 1. The van der Waals surface area contributed by atoms with Crippen LogP contribution >= 0.6 is 0 Å². The molecule has 0 fully saturated rings. The molecule has 29 heavy (non-hydrogen) atoms. The van der Waals surface area contributed by atoms with Crippen LogP contribution in [0.15, 0.2) is 42.5 Å². The highest BCUT2D eigenvalue weighted by atomic mass is 19.4. The highest BCUT2D eigenvalue weighted by molar-refractivity contribution is 5.85. The van der Waals surface area contributed by atoms with E-state index < -0.39 is 23.4 Å². The Morgan fingerprint density at radius 1 is 1.10 bits per heavy atom. The Balaban J connectivity index is 2.12. The Bertz CT molecular complexity index is 1050. The lowest BCUT2D eigenvalue weighted by atomic mass is 10.1. The van der Waals surface area contributed by atoms with Crippen molar-refractivity contribution in [1.29, 1.82) is 0 Å². The van der Waals surface area contributed by atoms with Gasteiger partial charge in [-0.1, -0.05) is 0 Å². The summed E-state index contributed by atoms with van der Waals surface area (Å²) in [6, 6.07) is 8.99.